The number of aromatic amines is 6. The molecule has 0 spiro atoms. The summed E-state index contributed by atoms with van der Waals surface area (Å²) in [6.45, 7) is -1.76. The summed E-state index contributed by atoms with van der Waals surface area (Å²) < 4.78 is 32.2. The topological polar surface area (TPSA) is 687 Å². The van der Waals surface area contributed by atoms with Gasteiger partial charge >= 0.3 is 23.1 Å². The summed E-state index contributed by atoms with van der Waals surface area (Å²) in [6, 6.07) is 0.690. The number of imide groups is 1. The molecule has 0 aromatic carbocycles. The Hall–Kier alpha value is -8.98. The molecule has 98 heavy (non-hydrogen) atoms. The van der Waals surface area contributed by atoms with Crippen molar-refractivity contribution in [2.75, 3.05) is 51.9 Å². The first-order valence-electron chi connectivity index (χ1n) is 29.9. The highest BCUT2D eigenvalue weighted by Crippen LogP contribution is 2.33. The molecule has 0 saturated carbocycles. The molecule has 45 heteroatoms. The number of aldehydes is 1. The standard InChI is InChI=1S/C10H13N5O5.C10H12N4O5.C10H12N4O4.C9H14N2O5.C9H12N2O5.C5H10O4/c11-9-13-7-6(8(18)14-9)12-10(19)15(7)5-1-3(17)4(2-16)20-5;15-2-5-4(16)1-6(19-5)14-3-11-7-8(14)12-10(18)13-9(7)17;15-2-6-5(16)1-7(18-6)14-4-13-8-9(14)11-3-12-10(8)17;2*12-4-6-5(13)3-8(16-6)11-2-1-7(14)10-9(11)15;6-2-1-4(8)5(9)3-7/h3-5,16-17H,1-2H2,(H,12,19)(H3,11,13,14,18);3-6,15-16H,1-2H2,(H2,12,13,17,18);3-7,15-16H,1-2H2,(H,11,12,17);5-6,8,12-13H,1-4H2,(H,10,14,15);1-2,5-6,8,12-13H,3-4H2,(H,10,14,15);2,4-5,7-9H,1,3H2/t3-,4?,5+;4-,5?,6+;5-,6?,7+;2*5-,6?,8+;4-,5?/m000000/s1. The van der Waals surface area contributed by atoms with Crippen LogP contribution in [0.5, 0.6) is 0 Å². The van der Waals surface area contributed by atoms with Crippen molar-refractivity contribution in [3.63, 3.8) is 0 Å². The van der Waals surface area contributed by atoms with Crippen LogP contribution in [0, 0.1) is 0 Å². The Morgan fingerprint density at radius 1 is 0.561 bits per heavy atom. The van der Waals surface area contributed by atoms with Gasteiger partial charge in [0.05, 0.1) is 95.2 Å². The first-order valence-corrected chi connectivity index (χ1v) is 29.9. The number of aromatic nitrogens is 14. The van der Waals surface area contributed by atoms with Crippen LogP contribution in [-0.4, -0.2) is 283 Å². The number of aliphatic hydroxyl groups excluding tert-OH is 13. The average Bonchev–Trinajstić information content (AvgIpc) is 1.63. The summed E-state index contributed by atoms with van der Waals surface area (Å²) in [5.41, 5.74) is 2.62. The van der Waals surface area contributed by atoms with Crippen LogP contribution in [0.4, 0.5) is 10.7 Å². The zero-order valence-electron chi connectivity index (χ0n) is 51.2. The van der Waals surface area contributed by atoms with Crippen LogP contribution in [0.25, 0.3) is 33.5 Å². The van der Waals surface area contributed by atoms with E-state index >= 15 is 0 Å². The van der Waals surface area contributed by atoms with E-state index in [1.54, 1.807) is 4.57 Å². The van der Waals surface area contributed by atoms with E-state index in [1.165, 1.54) is 45.3 Å². The molecule has 22 N–H and O–H groups in total. The maximum absolute atomic E-state index is 11.9. The number of aliphatic hydroxyl groups is 13. The van der Waals surface area contributed by atoms with Crippen molar-refractivity contribution in [1.82, 2.24) is 78.3 Å². The molecule has 0 radical (unpaired) electrons. The second kappa shape index (κ2) is 33.5. The Labute approximate surface area is 544 Å². The van der Waals surface area contributed by atoms with E-state index in [2.05, 4.69) is 55.2 Å². The monoisotopic (exact) mass is 1400 g/mol. The van der Waals surface area contributed by atoms with Gasteiger partial charge in [-0.15, -0.1) is 0 Å². The maximum atomic E-state index is 11.9. The number of amides is 3. The zero-order valence-corrected chi connectivity index (χ0v) is 51.2. The Balaban J connectivity index is 0.000000152. The molecule has 7 aromatic rings. The molecule has 17 atom stereocenters. The van der Waals surface area contributed by atoms with Gasteiger partial charge in [-0.1, -0.05) is 0 Å². The van der Waals surface area contributed by atoms with Gasteiger partial charge in [0.15, 0.2) is 27.8 Å². The number of carbonyl (C=O) groups excluding carboxylic acids is 3. The van der Waals surface area contributed by atoms with Crippen LogP contribution < -0.4 is 50.4 Å². The Morgan fingerprint density at radius 3 is 1.60 bits per heavy atom. The van der Waals surface area contributed by atoms with Gasteiger partial charge in [0.1, 0.15) is 79.7 Å². The minimum Gasteiger partial charge on any atom is -0.394 e. The predicted octanol–water partition coefficient (Wildman–Crippen LogP) is -10.7. The lowest BCUT2D eigenvalue weighted by Gasteiger charge is -2.31. The fraction of sp³-hybridized carbons (Fsp3) is 0.585. The number of fused-ring (bicyclic) bond motifs is 3. The molecule has 0 bridgehead atoms. The van der Waals surface area contributed by atoms with Gasteiger partial charge in [-0.3, -0.25) is 72.8 Å². The smallest absolute Gasteiger partial charge is 0.330 e. The molecule has 6 unspecified atom stereocenters. The van der Waals surface area contributed by atoms with Crippen LogP contribution in [0.2, 0.25) is 0 Å². The number of nitrogens with two attached hydrogens (primary N) is 1. The van der Waals surface area contributed by atoms with Gasteiger partial charge in [0.2, 0.25) is 11.9 Å². The molecule has 7 aromatic heterocycles. The Kier molecular flexibility index (Phi) is 25.6. The van der Waals surface area contributed by atoms with Gasteiger partial charge in [-0.2, -0.15) is 4.98 Å². The van der Waals surface area contributed by atoms with Crippen molar-refractivity contribution in [3.8, 4) is 0 Å². The minimum atomic E-state index is -1.20. The molecular formula is C53H73N17O28. The van der Waals surface area contributed by atoms with Crippen molar-refractivity contribution in [2.24, 2.45) is 0 Å². The fourth-order valence-electron chi connectivity index (χ4n) is 10.7. The zero-order chi connectivity index (χ0) is 71.4. The van der Waals surface area contributed by atoms with Crippen LogP contribution >= 0.6 is 0 Å². The number of nitrogens with zero attached hydrogens (tertiary/aromatic N) is 9. The summed E-state index contributed by atoms with van der Waals surface area (Å²) in [4.78, 5) is 143. The number of nitrogens with one attached hydrogen (secondary N) is 7. The average molecular weight is 1400 g/mol. The van der Waals surface area contributed by atoms with Crippen LogP contribution in [0.3, 0.4) is 0 Å². The van der Waals surface area contributed by atoms with Crippen LogP contribution in [0.15, 0.2) is 64.8 Å². The highest BCUT2D eigenvalue weighted by Gasteiger charge is 2.42. The summed E-state index contributed by atoms with van der Waals surface area (Å²) in [6.07, 6.45) is -5.79. The van der Waals surface area contributed by atoms with E-state index < -0.39 is 151 Å². The van der Waals surface area contributed by atoms with E-state index in [-0.39, 0.29) is 123 Å². The third-order valence-electron chi connectivity index (χ3n) is 15.8. The molecule has 6 fully saturated rings. The SMILES string of the molecule is Nc1nc2c([nH]c(=O)n2[C@H]2C[C@H](O)C(CO)O2)c(=O)[nH]1.O=C1CCN([C@H]2C[C@H](O)C(CO)O2)C(=O)N1.O=CC[C@H](O)C(O)CO.O=c1[nH]c(=O)c2ncn([C@H]3C[C@H](O)C(CO)O3)c2[nH]1.O=c1[nH]cnc2c1ncn2[C@H]1C[C@H](O)C(CO)O1.O=c1ccn([C@H]2C[C@H](O)C(CO)O2)c(=O)[nH]1. The second-order valence-corrected chi connectivity index (χ2v) is 22.4. The summed E-state index contributed by atoms with van der Waals surface area (Å²) >= 11 is 0. The molecule has 6 aliphatic rings. The number of rotatable bonds is 14. The third kappa shape index (κ3) is 17.5. The molecule has 6 saturated heterocycles. The van der Waals surface area contributed by atoms with E-state index in [0.717, 1.165) is 4.57 Å². The molecule has 3 amide bonds. The van der Waals surface area contributed by atoms with Crippen molar-refractivity contribution in [1.29, 1.82) is 0 Å². The molecule has 45 nitrogen and oxygen atoms in total. The molecule has 0 aliphatic carbocycles. The van der Waals surface area contributed by atoms with Gasteiger partial charge < -0.3 is 106 Å². The first kappa shape index (κ1) is 74.8. The third-order valence-corrected chi connectivity index (χ3v) is 15.8. The largest absolute Gasteiger partial charge is 0.394 e. The summed E-state index contributed by atoms with van der Waals surface area (Å²) in [7, 11) is 0. The van der Waals surface area contributed by atoms with E-state index in [1.807, 2.05) is 0 Å². The number of nitrogen functional groups attached to an aromatic ring is 1. The van der Waals surface area contributed by atoms with Crippen LogP contribution in [0.1, 0.15) is 69.9 Å². The Bertz CT molecular complexity index is 4270. The minimum absolute atomic E-state index is 0.0188. The van der Waals surface area contributed by atoms with Crippen molar-refractivity contribution in [3.05, 3.63) is 104 Å². The molecule has 13 heterocycles. The highest BCUT2D eigenvalue weighted by molar-refractivity contribution is 5.96. The number of imidazole rings is 3. The number of hydrogen-bond acceptors (Lipinski definition) is 33. The van der Waals surface area contributed by atoms with Gasteiger partial charge in [0, 0.05) is 63.8 Å². The van der Waals surface area contributed by atoms with Crippen molar-refractivity contribution >= 4 is 57.7 Å². The lowest BCUT2D eigenvalue weighted by atomic mass is 10.2. The lowest BCUT2D eigenvalue weighted by molar-refractivity contribution is -0.124. The van der Waals surface area contributed by atoms with Crippen LogP contribution in [-0.2, 0) is 33.3 Å². The molecule has 13 rings (SSSR count). The number of H-pyrrole nitrogens is 6. The fourth-order valence-corrected chi connectivity index (χ4v) is 10.7. The number of urea groups is 1. The van der Waals surface area contributed by atoms with Crippen molar-refractivity contribution in [2.45, 2.75) is 149 Å². The van der Waals surface area contributed by atoms with Crippen molar-refractivity contribution < 1.29 is 104 Å². The van der Waals surface area contributed by atoms with Gasteiger partial charge in [-0.05, 0) is 0 Å². The van der Waals surface area contributed by atoms with E-state index in [9.17, 15) is 73.5 Å². The second-order valence-electron chi connectivity index (χ2n) is 22.4. The summed E-state index contributed by atoms with van der Waals surface area (Å²) in [5, 5.41) is 121. The number of ether oxygens (including phenoxy) is 5. The number of anilines is 1. The molecule has 538 valence electrons. The quantitative estimate of drug-likeness (QED) is 0.0450. The van der Waals surface area contributed by atoms with E-state index in [4.69, 9.17) is 70.3 Å². The van der Waals surface area contributed by atoms with E-state index in [0.29, 0.717) is 18.4 Å². The molecular weight excluding hydrogens is 1320 g/mol. The summed E-state index contributed by atoms with van der Waals surface area (Å²) in [5.74, 6) is -0.439. The maximum Gasteiger partial charge on any atom is 0.330 e. The molecule has 6 aliphatic heterocycles. The normalized spacial score (nSPS) is 27.9. The predicted molar refractivity (Wildman–Crippen MR) is 323 cm³/mol. The highest BCUT2D eigenvalue weighted by atomic mass is 16.6. The van der Waals surface area contributed by atoms with Gasteiger partial charge in [-0.25, -0.2) is 38.7 Å². The lowest BCUT2D eigenvalue weighted by Crippen LogP contribution is -2.53. The van der Waals surface area contributed by atoms with Gasteiger partial charge in [0.25, 0.3) is 22.2 Å². The Morgan fingerprint density at radius 2 is 1.07 bits per heavy atom. The number of carbonyl (C=O) groups is 3. The number of hydrogen-bond donors (Lipinski definition) is 21. The first-order chi connectivity index (χ1) is 46.8.